The summed E-state index contributed by atoms with van der Waals surface area (Å²) in [4.78, 5) is 31.7. The zero-order valence-electron chi connectivity index (χ0n) is 10.3. The van der Waals surface area contributed by atoms with Crippen molar-refractivity contribution in [2.45, 2.75) is 20.8 Å². The van der Waals surface area contributed by atoms with Crippen LogP contribution in [0, 0.1) is 0 Å². The number of hydrogen-bond acceptors (Lipinski definition) is 4. The Morgan fingerprint density at radius 3 is 2.53 bits per heavy atom. The lowest BCUT2D eigenvalue weighted by Gasteiger charge is -2.17. The highest BCUT2D eigenvalue weighted by Gasteiger charge is 2.24. The van der Waals surface area contributed by atoms with Crippen molar-refractivity contribution in [3.8, 4) is 0 Å². The summed E-state index contributed by atoms with van der Waals surface area (Å²) in [6.07, 6.45) is 1.32. The van der Waals surface area contributed by atoms with Crippen LogP contribution in [-0.4, -0.2) is 46.4 Å². The highest BCUT2D eigenvalue weighted by atomic mass is 16.5. The van der Waals surface area contributed by atoms with Gasteiger partial charge >= 0.3 is 5.97 Å². The lowest BCUT2D eigenvalue weighted by molar-refractivity contribution is 0.0512. The molecule has 0 aliphatic carbocycles. The molecule has 0 unspecified atom stereocenters. The summed E-state index contributed by atoms with van der Waals surface area (Å²) in [5, 5.41) is 0. The molecule has 1 rings (SSSR count). The Morgan fingerprint density at radius 1 is 1.35 bits per heavy atom. The van der Waals surface area contributed by atoms with E-state index in [1.54, 1.807) is 11.8 Å². The standard InChI is InChI=1S/C11H17N3O3/c1-4-14(5-2)10(15)8-9(13-7-12-8)11(16)17-6-3/h7H,4-6H2,1-3H3,(H,12,13). The lowest BCUT2D eigenvalue weighted by Crippen LogP contribution is -2.32. The molecule has 1 aromatic heterocycles. The van der Waals surface area contributed by atoms with Crippen molar-refractivity contribution in [1.29, 1.82) is 0 Å². The number of imidazole rings is 1. The summed E-state index contributed by atoms with van der Waals surface area (Å²) in [5.74, 6) is -0.820. The topological polar surface area (TPSA) is 75.3 Å². The number of rotatable bonds is 5. The zero-order chi connectivity index (χ0) is 12.8. The Hall–Kier alpha value is -1.85. The van der Waals surface area contributed by atoms with Crippen molar-refractivity contribution < 1.29 is 14.3 Å². The fourth-order valence-corrected chi connectivity index (χ4v) is 1.48. The number of nitrogens with zero attached hydrogens (tertiary/aromatic N) is 2. The Balaban J connectivity index is 2.95. The molecule has 0 aliphatic rings. The van der Waals surface area contributed by atoms with Crippen molar-refractivity contribution in [1.82, 2.24) is 14.9 Å². The number of ether oxygens (including phenoxy) is 1. The van der Waals surface area contributed by atoms with Crippen molar-refractivity contribution in [3.63, 3.8) is 0 Å². The molecular formula is C11H17N3O3. The van der Waals surface area contributed by atoms with Gasteiger partial charge in [-0.15, -0.1) is 0 Å². The van der Waals surface area contributed by atoms with Crippen LogP contribution in [0.25, 0.3) is 0 Å². The van der Waals surface area contributed by atoms with E-state index >= 15 is 0 Å². The number of carbonyl (C=O) groups is 2. The predicted molar refractivity (Wildman–Crippen MR) is 61.8 cm³/mol. The molecule has 0 aromatic carbocycles. The van der Waals surface area contributed by atoms with E-state index in [0.717, 1.165) is 0 Å². The summed E-state index contributed by atoms with van der Waals surface area (Å²) in [5.41, 5.74) is 0.232. The second-order valence-corrected chi connectivity index (χ2v) is 3.32. The molecule has 17 heavy (non-hydrogen) atoms. The number of esters is 1. The molecule has 0 spiro atoms. The number of nitrogens with one attached hydrogen (secondary N) is 1. The van der Waals surface area contributed by atoms with Crippen LogP contribution in [0.2, 0.25) is 0 Å². The molecule has 1 aromatic rings. The smallest absolute Gasteiger partial charge is 0.357 e. The molecule has 0 aliphatic heterocycles. The maximum atomic E-state index is 12.0. The minimum Gasteiger partial charge on any atom is -0.461 e. The average Bonchev–Trinajstić information content (AvgIpc) is 2.79. The number of H-pyrrole nitrogens is 1. The van der Waals surface area contributed by atoms with Crippen molar-refractivity contribution in [2.75, 3.05) is 19.7 Å². The van der Waals surface area contributed by atoms with Crippen LogP contribution >= 0.6 is 0 Å². The summed E-state index contributed by atoms with van der Waals surface area (Å²) < 4.78 is 4.84. The quantitative estimate of drug-likeness (QED) is 0.780. The van der Waals surface area contributed by atoms with Crippen LogP contribution in [0.5, 0.6) is 0 Å². The van der Waals surface area contributed by atoms with Gasteiger partial charge in [-0.25, -0.2) is 9.78 Å². The monoisotopic (exact) mass is 239 g/mol. The van der Waals surface area contributed by atoms with Gasteiger partial charge in [0, 0.05) is 13.1 Å². The Bertz CT molecular complexity index is 396. The first kappa shape index (κ1) is 13.2. The molecule has 94 valence electrons. The molecule has 1 N–H and O–H groups in total. The van der Waals surface area contributed by atoms with E-state index in [9.17, 15) is 9.59 Å². The molecule has 6 heteroatoms. The van der Waals surface area contributed by atoms with E-state index < -0.39 is 5.97 Å². The number of hydrogen-bond donors (Lipinski definition) is 1. The second kappa shape index (κ2) is 6.03. The maximum Gasteiger partial charge on any atom is 0.357 e. The number of carbonyl (C=O) groups excluding carboxylic acids is 2. The highest BCUT2D eigenvalue weighted by Crippen LogP contribution is 2.08. The van der Waals surface area contributed by atoms with E-state index in [1.165, 1.54) is 6.33 Å². The third-order valence-electron chi connectivity index (χ3n) is 2.37. The summed E-state index contributed by atoms with van der Waals surface area (Å²) in [7, 11) is 0. The average molecular weight is 239 g/mol. The molecule has 0 atom stereocenters. The highest BCUT2D eigenvalue weighted by molar-refractivity contribution is 6.02. The molecule has 0 radical (unpaired) electrons. The number of aromatic amines is 1. The Kier molecular flexibility index (Phi) is 4.68. The minimum atomic E-state index is -0.555. The molecular weight excluding hydrogens is 222 g/mol. The van der Waals surface area contributed by atoms with Crippen LogP contribution < -0.4 is 0 Å². The van der Waals surface area contributed by atoms with Gasteiger partial charge in [-0.1, -0.05) is 0 Å². The van der Waals surface area contributed by atoms with E-state index in [4.69, 9.17) is 4.74 Å². The first-order valence-corrected chi connectivity index (χ1v) is 5.65. The second-order valence-electron chi connectivity index (χ2n) is 3.32. The fraction of sp³-hybridized carbons (Fsp3) is 0.545. The van der Waals surface area contributed by atoms with Crippen molar-refractivity contribution >= 4 is 11.9 Å². The van der Waals surface area contributed by atoms with E-state index in [2.05, 4.69) is 9.97 Å². The summed E-state index contributed by atoms with van der Waals surface area (Å²) in [6.45, 7) is 6.86. The van der Waals surface area contributed by atoms with Gasteiger partial charge in [0.05, 0.1) is 12.9 Å². The van der Waals surface area contributed by atoms with Crippen LogP contribution in [-0.2, 0) is 4.74 Å². The summed E-state index contributed by atoms with van der Waals surface area (Å²) >= 11 is 0. The number of aromatic nitrogens is 2. The van der Waals surface area contributed by atoms with E-state index in [-0.39, 0.29) is 23.9 Å². The zero-order valence-corrected chi connectivity index (χ0v) is 10.3. The van der Waals surface area contributed by atoms with Gasteiger partial charge in [0.25, 0.3) is 5.91 Å². The summed E-state index contributed by atoms with van der Waals surface area (Å²) in [6, 6.07) is 0. The van der Waals surface area contributed by atoms with Gasteiger partial charge in [-0.3, -0.25) is 4.79 Å². The molecule has 0 bridgehead atoms. The fourth-order valence-electron chi connectivity index (χ4n) is 1.48. The largest absolute Gasteiger partial charge is 0.461 e. The van der Waals surface area contributed by atoms with Gasteiger partial charge in [0.2, 0.25) is 0 Å². The van der Waals surface area contributed by atoms with Gasteiger partial charge in [0.15, 0.2) is 11.4 Å². The third kappa shape index (κ3) is 2.83. The van der Waals surface area contributed by atoms with Crippen LogP contribution in [0.3, 0.4) is 0 Å². The van der Waals surface area contributed by atoms with Crippen LogP contribution in [0.1, 0.15) is 41.7 Å². The first-order valence-electron chi connectivity index (χ1n) is 5.65. The molecule has 1 amide bonds. The SMILES string of the molecule is CCOC(=O)c1[nH]cnc1C(=O)N(CC)CC. The first-order chi connectivity index (χ1) is 8.15. The molecule has 0 saturated heterocycles. The van der Waals surface area contributed by atoms with Crippen LogP contribution in [0.15, 0.2) is 6.33 Å². The molecule has 0 saturated carbocycles. The van der Waals surface area contributed by atoms with Crippen molar-refractivity contribution in [2.24, 2.45) is 0 Å². The van der Waals surface area contributed by atoms with Gasteiger partial charge < -0.3 is 14.6 Å². The molecule has 0 fully saturated rings. The number of amides is 1. The maximum absolute atomic E-state index is 12.0. The van der Waals surface area contributed by atoms with E-state index in [1.807, 2.05) is 13.8 Å². The van der Waals surface area contributed by atoms with E-state index in [0.29, 0.717) is 13.1 Å². The van der Waals surface area contributed by atoms with Gasteiger partial charge in [0.1, 0.15) is 0 Å². The normalized spacial score (nSPS) is 10.1. The Morgan fingerprint density at radius 2 is 2.00 bits per heavy atom. The lowest BCUT2D eigenvalue weighted by atomic mass is 10.3. The third-order valence-corrected chi connectivity index (χ3v) is 2.37. The van der Waals surface area contributed by atoms with Crippen molar-refractivity contribution in [3.05, 3.63) is 17.7 Å². The molecule has 6 nitrogen and oxygen atoms in total. The minimum absolute atomic E-state index is 0.115. The Labute approximate surface area is 100.0 Å². The van der Waals surface area contributed by atoms with Crippen LogP contribution in [0.4, 0.5) is 0 Å². The van der Waals surface area contributed by atoms with Gasteiger partial charge in [-0.05, 0) is 20.8 Å². The predicted octanol–water partition coefficient (Wildman–Crippen LogP) is 1.07. The van der Waals surface area contributed by atoms with Gasteiger partial charge in [-0.2, -0.15) is 0 Å². The molecule has 1 heterocycles.